The molecule has 158 valence electrons. The minimum atomic E-state index is -0.920. The second-order valence-corrected chi connectivity index (χ2v) is 8.04. The van der Waals surface area contributed by atoms with Crippen molar-refractivity contribution in [1.29, 1.82) is 0 Å². The van der Waals surface area contributed by atoms with Gasteiger partial charge in [-0.25, -0.2) is 9.99 Å². The van der Waals surface area contributed by atoms with Crippen LogP contribution >= 0.6 is 11.6 Å². The number of aromatic nitrogens is 1. The van der Waals surface area contributed by atoms with E-state index in [9.17, 15) is 9.59 Å². The van der Waals surface area contributed by atoms with Crippen molar-refractivity contribution in [3.8, 4) is 0 Å². The Bertz CT molecular complexity index is 1190. The number of carbonyl (C=O) groups excluding carboxylic acids is 1. The quantitative estimate of drug-likeness (QED) is 0.544. The summed E-state index contributed by atoms with van der Waals surface area (Å²) in [4.78, 5) is 28.3. The van der Waals surface area contributed by atoms with Crippen LogP contribution in [0.1, 0.15) is 48.4 Å². The van der Waals surface area contributed by atoms with Gasteiger partial charge in [-0.15, -0.1) is 0 Å². The largest absolute Gasteiger partial charge is 0.481 e. The number of aliphatic carboxylic acids is 1. The maximum absolute atomic E-state index is 13.0. The van der Waals surface area contributed by atoms with Gasteiger partial charge >= 0.3 is 5.97 Å². The third-order valence-electron chi connectivity index (χ3n) is 5.36. The number of hydrazone groups is 1. The number of hydrogen-bond donors (Lipinski definition) is 1. The Morgan fingerprint density at radius 3 is 2.71 bits per heavy atom. The Morgan fingerprint density at radius 2 is 1.94 bits per heavy atom. The monoisotopic (exact) mass is 435 g/mol. The van der Waals surface area contributed by atoms with Crippen LogP contribution in [-0.2, 0) is 9.59 Å². The Hall–Kier alpha value is -3.25. The highest BCUT2D eigenvalue weighted by atomic mass is 35.5. The zero-order valence-corrected chi connectivity index (χ0v) is 17.8. The lowest BCUT2D eigenvalue weighted by atomic mass is 9.97. The lowest BCUT2D eigenvalue weighted by molar-refractivity contribution is -0.137. The first-order chi connectivity index (χ1) is 14.9. The van der Waals surface area contributed by atoms with Gasteiger partial charge in [-0.3, -0.25) is 9.59 Å². The average molecular weight is 436 g/mol. The molecule has 1 aromatic heterocycles. The van der Waals surface area contributed by atoms with Crippen LogP contribution in [0.3, 0.4) is 0 Å². The van der Waals surface area contributed by atoms with Gasteiger partial charge < -0.3 is 5.11 Å². The van der Waals surface area contributed by atoms with Gasteiger partial charge in [0.15, 0.2) is 0 Å². The smallest absolute Gasteiger partial charge is 0.303 e. The molecule has 1 N–H and O–H groups in total. The summed E-state index contributed by atoms with van der Waals surface area (Å²) in [6.45, 7) is 2.01. The molecule has 7 heteroatoms. The number of halogens is 1. The SMILES string of the molecule is Cc1cccc(C2=NN(C(=O)CCCC(=O)O)C(c3cc4ccccc4nc3Cl)C2)c1. The van der Waals surface area contributed by atoms with E-state index >= 15 is 0 Å². The average Bonchev–Trinajstić information content (AvgIpc) is 3.18. The van der Waals surface area contributed by atoms with Gasteiger partial charge in [0.25, 0.3) is 0 Å². The van der Waals surface area contributed by atoms with Crippen molar-refractivity contribution in [2.45, 2.75) is 38.6 Å². The number of pyridine rings is 1. The van der Waals surface area contributed by atoms with E-state index in [2.05, 4.69) is 10.1 Å². The van der Waals surface area contributed by atoms with E-state index in [1.54, 1.807) is 0 Å². The zero-order valence-electron chi connectivity index (χ0n) is 17.1. The summed E-state index contributed by atoms with van der Waals surface area (Å²) < 4.78 is 0. The van der Waals surface area contributed by atoms with Crippen LogP contribution in [0.15, 0.2) is 59.7 Å². The van der Waals surface area contributed by atoms with Crippen LogP contribution in [0.2, 0.25) is 5.15 Å². The van der Waals surface area contributed by atoms with Crippen LogP contribution in [0.25, 0.3) is 10.9 Å². The fraction of sp³-hybridized carbons (Fsp3) is 0.250. The minimum Gasteiger partial charge on any atom is -0.481 e. The van der Waals surface area contributed by atoms with Gasteiger partial charge in [0.1, 0.15) is 5.15 Å². The summed E-state index contributed by atoms with van der Waals surface area (Å²) in [5, 5.41) is 16.3. The van der Waals surface area contributed by atoms with Crippen molar-refractivity contribution in [2.24, 2.45) is 5.10 Å². The summed E-state index contributed by atoms with van der Waals surface area (Å²) >= 11 is 6.54. The highest BCUT2D eigenvalue weighted by Crippen LogP contribution is 2.37. The standard InChI is InChI=1S/C24H22ClN3O3/c1-15-6-4-8-16(12-15)20-14-21(28(27-20)22(29)10-5-11-23(30)31)18-13-17-7-2-3-9-19(17)26-24(18)25/h2-4,6-9,12-13,21H,5,10-11,14H2,1H3,(H,30,31). The molecule has 6 nitrogen and oxygen atoms in total. The first-order valence-corrected chi connectivity index (χ1v) is 10.5. The van der Waals surface area contributed by atoms with Gasteiger partial charge in [-0.2, -0.15) is 5.10 Å². The predicted molar refractivity (Wildman–Crippen MR) is 120 cm³/mol. The number of carboxylic acids is 1. The zero-order chi connectivity index (χ0) is 22.0. The second-order valence-electron chi connectivity index (χ2n) is 7.68. The second kappa shape index (κ2) is 8.86. The summed E-state index contributed by atoms with van der Waals surface area (Å²) in [6, 6.07) is 17.2. The Kier molecular flexibility index (Phi) is 6.00. The Labute approximate surface area is 185 Å². The third-order valence-corrected chi connectivity index (χ3v) is 5.66. The minimum absolute atomic E-state index is 0.0585. The van der Waals surface area contributed by atoms with Crippen LogP contribution in [0.4, 0.5) is 0 Å². The van der Waals surface area contributed by atoms with Gasteiger partial charge in [-0.1, -0.05) is 59.6 Å². The first kappa shape index (κ1) is 21.0. The molecule has 0 bridgehead atoms. The number of carbonyl (C=O) groups is 2. The molecule has 0 aliphatic carbocycles. The number of para-hydroxylation sites is 1. The first-order valence-electron chi connectivity index (χ1n) is 10.2. The van der Waals surface area contributed by atoms with E-state index in [1.807, 2.05) is 61.5 Å². The molecule has 31 heavy (non-hydrogen) atoms. The molecule has 3 aromatic rings. The van der Waals surface area contributed by atoms with E-state index < -0.39 is 12.0 Å². The van der Waals surface area contributed by atoms with Crippen molar-refractivity contribution in [3.63, 3.8) is 0 Å². The van der Waals surface area contributed by atoms with Crippen LogP contribution in [0.5, 0.6) is 0 Å². The maximum atomic E-state index is 13.0. The molecule has 0 saturated carbocycles. The molecule has 0 radical (unpaired) electrons. The molecule has 2 aromatic carbocycles. The molecule has 0 spiro atoms. The van der Waals surface area contributed by atoms with E-state index in [1.165, 1.54) is 5.01 Å². The summed E-state index contributed by atoms with van der Waals surface area (Å²) in [7, 11) is 0. The molecule has 1 amide bonds. The van der Waals surface area contributed by atoms with Crippen molar-refractivity contribution >= 4 is 40.1 Å². The van der Waals surface area contributed by atoms with Gasteiger partial charge in [0, 0.05) is 30.2 Å². The van der Waals surface area contributed by atoms with E-state index in [4.69, 9.17) is 16.7 Å². The molecular formula is C24H22ClN3O3. The summed E-state index contributed by atoms with van der Waals surface area (Å²) in [5.41, 5.74) is 4.38. The molecule has 0 fully saturated rings. The third kappa shape index (κ3) is 4.59. The van der Waals surface area contributed by atoms with Gasteiger partial charge in [0.05, 0.1) is 17.3 Å². The maximum Gasteiger partial charge on any atom is 0.303 e. The van der Waals surface area contributed by atoms with Crippen LogP contribution in [0, 0.1) is 6.92 Å². The topological polar surface area (TPSA) is 82.9 Å². The van der Waals surface area contributed by atoms with Crippen molar-refractivity contribution < 1.29 is 14.7 Å². The number of fused-ring (bicyclic) bond motifs is 1. The number of benzene rings is 2. The van der Waals surface area contributed by atoms with Crippen LogP contribution < -0.4 is 0 Å². The molecule has 1 aliphatic heterocycles. The van der Waals surface area contributed by atoms with E-state index in [-0.39, 0.29) is 25.2 Å². The molecular weight excluding hydrogens is 414 g/mol. The fourth-order valence-electron chi connectivity index (χ4n) is 3.83. The Balaban J connectivity index is 1.70. The molecule has 4 rings (SSSR count). The number of hydrogen-bond acceptors (Lipinski definition) is 4. The number of amides is 1. The van der Waals surface area contributed by atoms with Crippen molar-refractivity contribution in [3.05, 3.63) is 76.4 Å². The highest BCUT2D eigenvalue weighted by Gasteiger charge is 2.34. The predicted octanol–water partition coefficient (Wildman–Crippen LogP) is 5.13. The van der Waals surface area contributed by atoms with Crippen LogP contribution in [-0.4, -0.2) is 32.7 Å². The lowest BCUT2D eigenvalue weighted by Crippen LogP contribution is -2.27. The summed E-state index contributed by atoms with van der Waals surface area (Å²) in [5.74, 6) is -1.14. The number of aryl methyl sites for hydroxylation is 1. The highest BCUT2D eigenvalue weighted by molar-refractivity contribution is 6.30. The van der Waals surface area contributed by atoms with Gasteiger partial charge in [-0.05, 0) is 31.0 Å². The lowest BCUT2D eigenvalue weighted by Gasteiger charge is -2.23. The molecule has 0 saturated heterocycles. The molecule has 1 atom stereocenters. The molecule has 1 unspecified atom stereocenters. The number of nitrogens with zero attached hydrogens (tertiary/aromatic N) is 3. The molecule has 2 heterocycles. The normalized spacial score (nSPS) is 15.9. The fourth-order valence-corrected chi connectivity index (χ4v) is 4.10. The number of carboxylic acid groups (broad SMARTS) is 1. The molecule has 1 aliphatic rings. The van der Waals surface area contributed by atoms with Crippen molar-refractivity contribution in [2.75, 3.05) is 0 Å². The van der Waals surface area contributed by atoms with Crippen molar-refractivity contribution in [1.82, 2.24) is 9.99 Å². The Morgan fingerprint density at radius 1 is 1.13 bits per heavy atom. The summed E-state index contributed by atoms with van der Waals surface area (Å²) in [6.07, 6.45) is 0.813. The van der Waals surface area contributed by atoms with E-state index in [0.29, 0.717) is 11.6 Å². The van der Waals surface area contributed by atoms with E-state index in [0.717, 1.165) is 33.3 Å². The van der Waals surface area contributed by atoms with Gasteiger partial charge in [0.2, 0.25) is 5.91 Å². The number of rotatable bonds is 6.